The highest BCUT2D eigenvalue weighted by molar-refractivity contribution is 5.95. The minimum atomic E-state index is -0.605. The van der Waals surface area contributed by atoms with Crippen LogP contribution in [0.15, 0.2) is 36.5 Å². The van der Waals surface area contributed by atoms with E-state index in [1.54, 1.807) is 18.3 Å². The number of aromatic nitrogens is 1. The summed E-state index contributed by atoms with van der Waals surface area (Å²) in [5.74, 6) is 1.65. The molecule has 3 aromatic rings. The van der Waals surface area contributed by atoms with Gasteiger partial charge in [-0.3, -0.25) is 9.88 Å². The number of fused-ring (bicyclic) bond motifs is 3. The van der Waals surface area contributed by atoms with Gasteiger partial charge in [-0.25, -0.2) is 9.18 Å². The first kappa shape index (κ1) is 25.4. The fourth-order valence-electron chi connectivity index (χ4n) is 4.62. The number of nitrogens with one attached hydrogen (secondary N) is 2. The molecule has 1 saturated heterocycles. The smallest absolute Gasteiger partial charge is 0.319 e. The van der Waals surface area contributed by atoms with Crippen LogP contribution >= 0.6 is 0 Å². The first-order valence-electron chi connectivity index (χ1n) is 13.3. The number of amides is 2. The molecular formula is C28H31FN4O6. The molecule has 6 rings (SSSR count). The van der Waals surface area contributed by atoms with E-state index in [4.69, 9.17) is 23.7 Å². The third-order valence-corrected chi connectivity index (χ3v) is 6.75. The molecule has 1 aromatic heterocycles. The Bertz CT molecular complexity index is 1350. The summed E-state index contributed by atoms with van der Waals surface area (Å²) >= 11 is 0. The number of carbonyl (C=O) groups is 1. The molecule has 2 aromatic carbocycles. The molecule has 0 radical (unpaired) electrons. The molecule has 206 valence electrons. The van der Waals surface area contributed by atoms with Crippen LogP contribution in [0, 0.1) is 5.82 Å². The van der Waals surface area contributed by atoms with E-state index < -0.39 is 11.8 Å². The van der Waals surface area contributed by atoms with E-state index in [2.05, 4.69) is 20.5 Å². The number of pyridine rings is 1. The minimum Gasteiger partial charge on any atom is -0.489 e. The van der Waals surface area contributed by atoms with Crippen molar-refractivity contribution >= 4 is 22.6 Å². The zero-order chi connectivity index (χ0) is 26.6. The van der Waals surface area contributed by atoms with Crippen LogP contribution in [0.1, 0.15) is 19.3 Å². The monoisotopic (exact) mass is 538 g/mol. The van der Waals surface area contributed by atoms with Gasteiger partial charge in [0.25, 0.3) is 0 Å². The Morgan fingerprint density at radius 2 is 1.87 bits per heavy atom. The predicted octanol–water partition coefficient (Wildman–Crippen LogP) is 4.32. The van der Waals surface area contributed by atoms with Crippen LogP contribution < -0.4 is 29.6 Å². The van der Waals surface area contributed by atoms with Gasteiger partial charge in [0.05, 0.1) is 36.4 Å². The number of hydrogen-bond donors (Lipinski definition) is 2. The maximum Gasteiger partial charge on any atom is 0.319 e. The van der Waals surface area contributed by atoms with E-state index >= 15 is 0 Å². The van der Waals surface area contributed by atoms with Crippen molar-refractivity contribution in [1.82, 2.24) is 15.2 Å². The second kappa shape index (κ2) is 11.5. The van der Waals surface area contributed by atoms with Crippen LogP contribution in [0.3, 0.4) is 0 Å². The van der Waals surface area contributed by atoms with Crippen molar-refractivity contribution in [3.8, 4) is 28.7 Å². The summed E-state index contributed by atoms with van der Waals surface area (Å²) in [6, 6.07) is 7.56. The first-order chi connectivity index (χ1) is 19.1. The van der Waals surface area contributed by atoms with Gasteiger partial charge in [-0.1, -0.05) is 0 Å². The molecule has 1 saturated carbocycles. The zero-order valence-electron chi connectivity index (χ0n) is 21.5. The second-order valence-electron chi connectivity index (χ2n) is 9.71. The van der Waals surface area contributed by atoms with Gasteiger partial charge < -0.3 is 34.3 Å². The summed E-state index contributed by atoms with van der Waals surface area (Å²) in [5, 5.41) is 5.92. The molecule has 3 heterocycles. The lowest BCUT2D eigenvalue weighted by Crippen LogP contribution is -2.37. The van der Waals surface area contributed by atoms with E-state index in [9.17, 15) is 9.18 Å². The van der Waals surface area contributed by atoms with Crippen molar-refractivity contribution in [3.63, 3.8) is 0 Å². The van der Waals surface area contributed by atoms with Crippen LogP contribution in [-0.4, -0.2) is 74.6 Å². The molecule has 3 aliphatic rings. The van der Waals surface area contributed by atoms with E-state index in [0.29, 0.717) is 53.7 Å². The largest absolute Gasteiger partial charge is 0.489 e. The molecule has 2 fully saturated rings. The van der Waals surface area contributed by atoms with Crippen LogP contribution in [0.5, 0.6) is 28.7 Å². The lowest BCUT2D eigenvalue weighted by Gasteiger charge is -2.26. The number of hydrogen-bond acceptors (Lipinski definition) is 8. The Kier molecular flexibility index (Phi) is 7.51. The molecule has 0 atom stereocenters. The van der Waals surface area contributed by atoms with Gasteiger partial charge in [0.15, 0.2) is 11.5 Å². The number of benzene rings is 2. The van der Waals surface area contributed by atoms with Gasteiger partial charge in [0, 0.05) is 44.0 Å². The quantitative estimate of drug-likeness (QED) is 0.389. The molecule has 2 aliphatic heterocycles. The van der Waals surface area contributed by atoms with E-state index in [1.807, 2.05) is 6.07 Å². The van der Waals surface area contributed by atoms with Gasteiger partial charge in [-0.05, 0) is 37.5 Å². The maximum absolute atomic E-state index is 14.8. The fraction of sp³-hybridized carbons (Fsp3) is 0.429. The van der Waals surface area contributed by atoms with E-state index in [-0.39, 0.29) is 17.5 Å². The average molecular weight is 539 g/mol. The highest BCUT2D eigenvalue weighted by atomic mass is 19.1. The third-order valence-electron chi connectivity index (χ3n) is 6.75. The molecule has 11 heteroatoms. The van der Waals surface area contributed by atoms with Crippen molar-refractivity contribution in [2.75, 3.05) is 58.0 Å². The Morgan fingerprint density at radius 3 is 2.67 bits per heavy atom. The van der Waals surface area contributed by atoms with Crippen LogP contribution in [0.2, 0.25) is 0 Å². The Morgan fingerprint density at radius 1 is 1.05 bits per heavy atom. The van der Waals surface area contributed by atoms with Crippen molar-refractivity contribution in [2.45, 2.75) is 25.3 Å². The highest BCUT2D eigenvalue weighted by Gasteiger charge is 2.26. The number of urea groups is 1. The molecule has 10 nitrogen and oxygen atoms in total. The molecule has 2 amide bonds. The second-order valence-corrected chi connectivity index (χ2v) is 9.71. The van der Waals surface area contributed by atoms with Crippen molar-refractivity contribution in [3.05, 3.63) is 42.3 Å². The number of morpholine rings is 1. The SMILES string of the molecule is O=C(Nc1ccc(Oc2ccnc3cc(OCCCN4CCOCC4)c4c(c23)OCCO4)cc1F)NC1CC1. The number of carbonyl (C=O) groups excluding carboxylic acids is 1. The number of ether oxygens (including phenoxy) is 5. The lowest BCUT2D eigenvalue weighted by atomic mass is 10.1. The zero-order valence-corrected chi connectivity index (χ0v) is 21.5. The van der Waals surface area contributed by atoms with E-state index in [0.717, 1.165) is 52.1 Å². The van der Waals surface area contributed by atoms with E-state index in [1.165, 1.54) is 12.1 Å². The summed E-state index contributed by atoms with van der Waals surface area (Å²) in [4.78, 5) is 18.9. The average Bonchev–Trinajstić information content (AvgIpc) is 3.77. The number of halogens is 1. The van der Waals surface area contributed by atoms with Crippen LogP contribution in [0.25, 0.3) is 10.9 Å². The summed E-state index contributed by atoms with van der Waals surface area (Å²) in [7, 11) is 0. The maximum atomic E-state index is 14.8. The Labute approximate surface area is 225 Å². The molecule has 0 spiro atoms. The highest BCUT2D eigenvalue weighted by Crippen LogP contribution is 2.48. The third kappa shape index (κ3) is 6.10. The van der Waals surface area contributed by atoms with Crippen LogP contribution in [0.4, 0.5) is 14.9 Å². The summed E-state index contributed by atoms with van der Waals surface area (Å²) in [5.41, 5.74) is 0.681. The summed E-state index contributed by atoms with van der Waals surface area (Å²) < 4.78 is 44.3. The Hall–Kier alpha value is -3.83. The van der Waals surface area contributed by atoms with Crippen LogP contribution in [-0.2, 0) is 4.74 Å². The van der Waals surface area contributed by atoms with Gasteiger partial charge >= 0.3 is 6.03 Å². The van der Waals surface area contributed by atoms with Crippen molar-refractivity contribution in [2.24, 2.45) is 0 Å². The normalized spacial score (nSPS) is 17.1. The molecular weight excluding hydrogens is 507 g/mol. The molecule has 0 unspecified atom stereocenters. The van der Waals surface area contributed by atoms with Gasteiger partial charge in [-0.15, -0.1) is 0 Å². The predicted molar refractivity (Wildman–Crippen MR) is 142 cm³/mol. The first-order valence-corrected chi connectivity index (χ1v) is 13.3. The Balaban J connectivity index is 1.19. The standard InChI is InChI=1S/C28H31FN4O6/c29-20-16-19(4-5-21(20)32-28(34)31-18-2-3-18)39-23-6-7-30-22-17-24(26-27(25(22)23)38-15-14-37-26)36-11-1-8-33-9-12-35-13-10-33/h4-7,16-18H,1-3,8-15H2,(H2,31,32,34). The fourth-order valence-corrected chi connectivity index (χ4v) is 4.62. The molecule has 39 heavy (non-hydrogen) atoms. The number of anilines is 1. The van der Waals surface area contributed by atoms with Gasteiger partial charge in [0.2, 0.25) is 5.75 Å². The van der Waals surface area contributed by atoms with Gasteiger partial charge in [-0.2, -0.15) is 0 Å². The van der Waals surface area contributed by atoms with Crippen molar-refractivity contribution < 1.29 is 32.9 Å². The summed E-state index contributed by atoms with van der Waals surface area (Å²) in [6.45, 7) is 5.64. The number of rotatable bonds is 9. The molecule has 1 aliphatic carbocycles. The molecule has 0 bridgehead atoms. The topological polar surface area (TPSA) is 103 Å². The number of nitrogens with zero attached hydrogens (tertiary/aromatic N) is 2. The van der Waals surface area contributed by atoms with Crippen molar-refractivity contribution in [1.29, 1.82) is 0 Å². The lowest BCUT2D eigenvalue weighted by molar-refractivity contribution is 0.0357. The molecule has 2 N–H and O–H groups in total. The minimum absolute atomic E-state index is 0.0737. The summed E-state index contributed by atoms with van der Waals surface area (Å²) in [6.07, 6.45) is 4.38. The van der Waals surface area contributed by atoms with Gasteiger partial charge in [0.1, 0.15) is 30.5 Å².